The average Bonchev–Trinajstić information content (AvgIpc) is 3.04. The summed E-state index contributed by atoms with van der Waals surface area (Å²) in [5, 5.41) is 11.8. The van der Waals surface area contributed by atoms with Crippen molar-refractivity contribution in [3.8, 4) is 0 Å². The molecule has 138 valence electrons. The molecule has 0 aliphatic heterocycles. The second kappa shape index (κ2) is 7.06. The molecular formula is C18H22F3NO3. The van der Waals surface area contributed by atoms with Crippen LogP contribution in [0.5, 0.6) is 0 Å². The van der Waals surface area contributed by atoms with Crippen molar-refractivity contribution >= 4 is 11.9 Å². The van der Waals surface area contributed by atoms with Crippen molar-refractivity contribution in [3.05, 3.63) is 35.4 Å². The van der Waals surface area contributed by atoms with Crippen LogP contribution >= 0.6 is 0 Å². The number of amides is 1. The summed E-state index contributed by atoms with van der Waals surface area (Å²) in [5.74, 6) is -2.22. The number of hydrogen-bond acceptors (Lipinski definition) is 2. The van der Waals surface area contributed by atoms with E-state index in [4.69, 9.17) is 5.11 Å². The first-order valence-electron chi connectivity index (χ1n) is 8.29. The van der Waals surface area contributed by atoms with E-state index in [1.807, 2.05) is 0 Å². The first-order valence-corrected chi connectivity index (χ1v) is 8.29. The molecule has 1 aromatic carbocycles. The second-order valence-electron chi connectivity index (χ2n) is 6.76. The van der Waals surface area contributed by atoms with Crippen LogP contribution in [0.15, 0.2) is 24.3 Å². The molecule has 1 saturated carbocycles. The number of carbonyl (C=O) groups excluding carboxylic acids is 1. The van der Waals surface area contributed by atoms with Gasteiger partial charge in [0.1, 0.15) is 0 Å². The lowest BCUT2D eigenvalue weighted by Gasteiger charge is -2.31. The van der Waals surface area contributed by atoms with Gasteiger partial charge in [-0.3, -0.25) is 9.59 Å². The Bertz CT molecular complexity index is 651. The van der Waals surface area contributed by atoms with Crippen LogP contribution in [-0.2, 0) is 21.2 Å². The smallest absolute Gasteiger partial charge is 0.416 e. The number of carboxylic acids is 1. The van der Waals surface area contributed by atoms with Crippen LogP contribution in [0.1, 0.15) is 50.7 Å². The van der Waals surface area contributed by atoms with Gasteiger partial charge in [-0.05, 0) is 38.3 Å². The van der Waals surface area contributed by atoms with Crippen LogP contribution in [-0.4, -0.2) is 23.0 Å². The van der Waals surface area contributed by atoms with Gasteiger partial charge in [0, 0.05) is 6.04 Å². The molecule has 7 heteroatoms. The molecular weight excluding hydrogens is 335 g/mol. The third-order valence-electron chi connectivity index (χ3n) is 5.13. The second-order valence-corrected chi connectivity index (χ2v) is 6.76. The highest BCUT2D eigenvalue weighted by Gasteiger charge is 2.44. The number of benzene rings is 1. The Morgan fingerprint density at radius 1 is 1.20 bits per heavy atom. The summed E-state index contributed by atoms with van der Waals surface area (Å²) in [5.41, 5.74) is -1.48. The third kappa shape index (κ3) is 3.96. The first kappa shape index (κ1) is 19.3. The number of nitrogens with one attached hydrogen (secondary N) is 1. The van der Waals surface area contributed by atoms with Gasteiger partial charge in [-0.1, -0.05) is 31.0 Å². The largest absolute Gasteiger partial charge is 0.481 e. The Kier molecular flexibility index (Phi) is 5.44. The van der Waals surface area contributed by atoms with Gasteiger partial charge in [-0.25, -0.2) is 0 Å². The maximum absolute atomic E-state index is 13.0. The fraction of sp³-hybridized carbons (Fsp3) is 0.556. The Labute approximate surface area is 144 Å². The fourth-order valence-electron chi connectivity index (χ4n) is 3.30. The van der Waals surface area contributed by atoms with Crippen LogP contribution in [0.25, 0.3) is 0 Å². The Balaban J connectivity index is 2.33. The maximum Gasteiger partial charge on any atom is 0.416 e. The molecule has 0 bridgehead atoms. The molecule has 25 heavy (non-hydrogen) atoms. The molecule has 1 aliphatic rings. The summed E-state index contributed by atoms with van der Waals surface area (Å²) in [6.07, 6.45) is -2.08. The molecule has 4 nitrogen and oxygen atoms in total. The van der Waals surface area contributed by atoms with E-state index in [-0.39, 0.29) is 0 Å². The van der Waals surface area contributed by atoms with Crippen molar-refractivity contribution in [2.24, 2.45) is 5.92 Å². The molecule has 2 N–H and O–H groups in total. The first-order chi connectivity index (χ1) is 11.6. The number of aliphatic carboxylic acids is 1. The van der Waals surface area contributed by atoms with Gasteiger partial charge in [-0.15, -0.1) is 0 Å². The lowest BCUT2D eigenvalue weighted by Crippen LogP contribution is -2.49. The van der Waals surface area contributed by atoms with E-state index in [9.17, 15) is 22.8 Å². The zero-order valence-corrected chi connectivity index (χ0v) is 14.2. The lowest BCUT2D eigenvalue weighted by molar-refractivity contribution is -0.142. The predicted molar refractivity (Wildman–Crippen MR) is 86.0 cm³/mol. The molecule has 2 unspecified atom stereocenters. The molecule has 0 spiro atoms. The predicted octanol–water partition coefficient (Wildman–Crippen LogP) is 3.74. The summed E-state index contributed by atoms with van der Waals surface area (Å²) >= 11 is 0. The number of alkyl halides is 3. The Morgan fingerprint density at radius 2 is 1.80 bits per heavy atom. The van der Waals surface area contributed by atoms with E-state index < -0.39 is 41.0 Å². The lowest BCUT2D eigenvalue weighted by atomic mass is 9.77. The highest BCUT2D eigenvalue weighted by Crippen LogP contribution is 2.43. The van der Waals surface area contributed by atoms with Gasteiger partial charge in [-0.2, -0.15) is 13.2 Å². The molecule has 0 aromatic heterocycles. The molecule has 2 atom stereocenters. The zero-order valence-electron chi connectivity index (χ0n) is 14.2. The molecule has 2 rings (SSSR count). The molecule has 1 fully saturated rings. The molecule has 1 aromatic rings. The van der Waals surface area contributed by atoms with Gasteiger partial charge in [0.05, 0.1) is 16.9 Å². The SMILES string of the molecule is CC(NC(=O)C1(c2cccc(C(F)(F)F)c2)CCCC1)C(C)C(=O)O. The van der Waals surface area contributed by atoms with Crippen molar-refractivity contribution in [2.75, 3.05) is 0 Å². The van der Waals surface area contributed by atoms with E-state index in [2.05, 4.69) is 5.32 Å². The molecule has 1 amide bonds. The maximum atomic E-state index is 13.0. The van der Waals surface area contributed by atoms with E-state index >= 15 is 0 Å². The number of carboxylic acid groups (broad SMARTS) is 1. The van der Waals surface area contributed by atoms with Crippen LogP contribution < -0.4 is 5.32 Å². The number of halogens is 3. The van der Waals surface area contributed by atoms with Crippen molar-refractivity contribution in [1.29, 1.82) is 0 Å². The molecule has 0 heterocycles. The van der Waals surface area contributed by atoms with Crippen LogP contribution in [0.4, 0.5) is 13.2 Å². The minimum atomic E-state index is -4.47. The monoisotopic (exact) mass is 357 g/mol. The number of hydrogen-bond donors (Lipinski definition) is 2. The van der Waals surface area contributed by atoms with Crippen molar-refractivity contribution in [3.63, 3.8) is 0 Å². The van der Waals surface area contributed by atoms with Crippen LogP contribution in [0.3, 0.4) is 0 Å². The summed E-state index contributed by atoms with van der Waals surface area (Å²) in [4.78, 5) is 24.0. The highest BCUT2D eigenvalue weighted by molar-refractivity contribution is 5.89. The Hall–Kier alpha value is -2.05. The minimum absolute atomic E-state index is 0.340. The fourth-order valence-corrected chi connectivity index (χ4v) is 3.30. The quantitative estimate of drug-likeness (QED) is 0.844. The number of rotatable bonds is 5. The average molecular weight is 357 g/mol. The molecule has 0 saturated heterocycles. The van der Waals surface area contributed by atoms with Crippen molar-refractivity contribution in [2.45, 2.75) is 57.2 Å². The molecule has 1 aliphatic carbocycles. The summed E-state index contributed by atoms with van der Waals surface area (Å²) in [6.45, 7) is 3.07. The van der Waals surface area contributed by atoms with Crippen LogP contribution in [0.2, 0.25) is 0 Å². The standard InChI is InChI=1S/C18H22F3NO3/c1-11(15(23)24)12(2)22-16(25)17(8-3-4-9-17)13-6-5-7-14(10-13)18(19,20)21/h5-7,10-12H,3-4,8-9H2,1-2H3,(H,22,25)(H,23,24). The third-order valence-corrected chi connectivity index (χ3v) is 5.13. The van der Waals surface area contributed by atoms with Gasteiger partial charge in [0.2, 0.25) is 5.91 Å². The highest BCUT2D eigenvalue weighted by atomic mass is 19.4. The van der Waals surface area contributed by atoms with E-state index in [0.29, 0.717) is 18.4 Å². The summed E-state index contributed by atoms with van der Waals surface area (Å²) < 4.78 is 39.1. The topological polar surface area (TPSA) is 66.4 Å². The van der Waals surface area contributed by atoms with E-state index in [1.165, 1.54) is 13.0 Å². The van der Waals surface area contributed by atoms with E-state index in [0.717, 1.165) is 25.0 Å². The van der Waals surface area contributed by atoms with E-state index in [1.54, 1.807) is 13.0 Å². The van der Waals surface area contributed by atoms with Crippen LogP contribution in [0, 0.1) is 5.92 Å². The van der Waals surface area contributed by atoms with Gasteiger partial charge in [0.15, 0.2) is 0 Å². The summed E-state index contributed by atoms with van der Waals surface area (Å²) in [6, 6.07) is 4.27. The van der Waals surface area contributed by atoms with Crippen molar-refractivity contribution in [1.82, 2.24) is 5.32 Å². The minimum Gasteiger partial charge on any atom is -0.481 e. The Morgan fingerprint density at radius 3 is 2.32 bits per heavy atom. The summed E-state index contributed by atoms with van der Waals surface area (Å²) in [7, 11) is 0. The van der Waals surface area contributed by atoms with Crippen molar-refractivity contribution < 1.29 is 27.9 Å². The van der Waals surface area contributed by atoms with Gasteiger partial charge >= 0.3 is 12.1 Å². The van der Waals surface area contributed by atoms with Gasteiger partial charge in [0.25, 0.3) is 0 Å². The molecule has 0 radical (unpaired) electrons. The zero-order chi connectivity index (χ0) is 18.8. The van der Waals surface area contributed by atoms with Gasteiger partial charge < -0.3 is 10.4 Å². The number of carbonyl (C=O) groups is 2. The normalized spacial score (nSPS) is 19.2.